The zero-order valence-electron chi connectivity index (χ0n) is 18.9. The second-order valence-corrected chi connectivity index (χ2v) is 10.4. The van der Waals surface area contributed by atoms with Crippen LogP contribution in [-0.4, -0.2) is 53.1 Å². The van der Waals surface area contributed by atoms with Crippen LogP contribution in [0.3, 0.4) is 0 Å². The Balaban J connectivity index is 1.25. The molecule has 0 aliphatic carbocycles. The van der Waals surface area contributed by atoms with Gasteiger partial charge in [0, 0.05) is 46.8 Å². The first-order valence-corrected chi connectivity index (χ1v) is 12.8. The zero-order valence-corrected chi connectivity index (χ0v) is 19.8. The number of fused-ring (bicyclic) bond motifs is 1. The molecule has 3 N–H and O–H groups in total. The van der Waals surface area contributed by atoms with Gasteiger partial charge in [-0.25, -0.2) is 13.4 Å². The summed E-state index contributed by atoms with van der Waals surface area (Å²) < 4.78 is 30.9. The third-order valence-corrected chi connectivity index (χ3v) is 6.92. The van der Waals surface area contributed by atoms with Crippen molar-refractivity contribution in [2.24, 2.45) is 0 Å². The fraction of sp³-hybridized carbons (Fsp3) is 0.250. The Morgan fingerprint density at radius 1 is 1.09 bits per heavy atom. The van der Waals surface area contributed by atoms with Gasteiger partial charge in [-0.3, -0.25) is 0 Å². The molecule has 0 amide bonds. The fourth-order valence-corrected chi connectivity index (χ4v) is 4.93. The molecule has 0 spiro atoms. The van der Waals surface area contributed by atoms with Gasteiger partial charge in [0.25, 0.3) is 0 Å². The van der Waals surface area contributed by atoms with E-state index in [-0.39, 0.29) is 6.10 Å². The lowest BCUT2D eigenvalue weighted by Gasteiger charge is -2.16. The minimum absolute atomic E-state index is 0.171. The van der Waals surface area contributed by atoms with Crippen LogP contribution in [0.25, 0.3) is 10.9 Å². The second-order valence-electron chi connectivity index (χ2n) is 8.45. The van der Waals surface area contributed by atoms with Gasteiger partial charge in [0.05, 0.1) is 12.8 Å². The van der Waals surface area contributed by atoms with E-state index in [2.05, 4.69) is 37.7 Å². The molecule has 1 aliphatic rings. The number of aryl methyl sites for hydroxylation is 1. The van der Waals surface area contributed by atoms with Crippen LogP contribution < -0.4 is 15.4 Å². The summed E-state index contributed by atoms with van der Waals surface area (Å²) in [6.45, 7) is 2.88. The third-order valence-electron chi connectivity index (χ3n) is 5.65. The number of anilines is 4. The summed E-state index contributed by atoms with van der Waals surface area (Å²) in [7, 11) is -3.20. The highest BCUT2D eigenvalue weighted by Gasteiger charge is 2.29. The van der Waals surface area contributed by atoms with Gasteiger partial charge in [-0.15, -0.1) is 0 Å². The van der Waals surface area contributed by atoms with Gasteiger partial charge in [-0.2, -0.15) is 9.29 Å². The molecular weight excluding hydrogens is 452 g/mol. The summed E-state index contributed by atoms with van der Waals surface area (Å²) in [6.07, 6.45) is 3.41. The molecule has 0 radical (unpaired) electrons. The molecule has 1 unspecified atom stereocenters. The summed E-state index contributed by atoms with van der Waals surface area (Å²) in [6, 6.07) is 17.5. The van der Waals surface area contributed by atoms with Crippen LogP contribution >= 0.6 is 0 Å². The summed E-state index contributed by atoms with van der Waals surface area (Å²) >= 11 is 0. The Kier molecular flexibility index (Phi) is 5.84. The Morgan fingerprint density at radius 3 is 2.76 bits per heavy atom. The van der Waals surface area contributed by atoms with Crippen LogP contribution in [0.1, 0.15) is 12.1 Å². The number of aromatic nitrogens is 3. The molecule has 3 heterocycles. The van der Waals surface area contributed by atoms with E-state index in [1.165, 1.54) is 10.6 Å². The molecule has 5 rings (SSSR count). The van der Waals surface area contributed by atoms with Crippen molar-refractivity contribution < 1.29 is 13.2 Å². The Hall–Kier alpha value is -3.63. The van der Waals surface area contributed by atoms with Crippen LogP contribution in [0.5, 0.6) is 5.75 Å². The van der Waals surface area contributed by atoms with Crippen LogP contribution in [0, 0.1) is 6.92 Å². The van der Waals surface area contributed by atoms with Crippen molar-refractivity contribution in [3.05, 3.63) is 66.5 Å². The lowest BCUT2D eigenvalue weighted by Crippen LogP contribution is -2.29. The van der Waals surface area contributed by atoms with E-state index in [0.717, 1.165) is 28.0 Å². The number of hydrogen-bond donors (Lipinski definition) is 3. The van der Waals surface area contributed by atoms with E-state index in [0.29, 0.717) is 37.0 Å². The summed E-state index contributed by atoms with van der Waals surface area (Å²) in [5.41, 5.74) is 3.92. The maximum atomic E-state index is 11.7. The van der Waals surface area contributed by atoms with Gasteiger partial charge < -0.3 is 20.4 Å². The standard InChI is InChI=1S/C24H26N6O3S/c1-16-12-17-13-19(6-7-22(17)26-16)27-23-8-10-25-24(29-23)28-18-4-3-5-20(14-18)33-21-9-11-30(15-21)34(2,31)32/h3-8,10,12-14,21,26H,9,11,15H2,1-2H3,(H2,25,27,28,29). The van der Waals surface area contributed by atoms with Crippen molar-refractivity contribution in [2.75, 3.05) is 30.0 Å². The maximum Gasteiger partial charge on any atom is 0.229 e. The van der Waals surface area contributed by atoms with Crippen molar-refractivity contribution in [2.45, 2.75) is 19.4 Å². The van der Waals surface area contributed by atoms with Crippen LogP contribution in [0.4, 0.5) is 23.1 Å². The average molecular weight is 479 g/mol. The lowest BCUT2D eigenvalue weighted by molar-refractivity contribution is 0.216. The predicted molar refractivity (Wildman–Crippen MR) is 134 cm³/mol. The number of hydrogen-bond acceptors (Lipinski definition) is 7. The Bertz CT molecular complexity index is 1440. The summed E-state index contributed by atoms with van der Waals surface area (Å²) in [5.74, 6) is 1.78. The van der Waals surface area contributed by atoms with Crippen LogP contribution in [-0.2, 0) is 10.0 Å². The average Bonchev–Trinajstić information content (AvgIpc) is 3.40. The molecule has 176 valence electrons. The highest BCUT2D eigenvalue weighted by molar-refractivity contribution is 7.88. The van der Waals surface area contributed by atoms with Gasteiger partial charge >= 0.3 is 0 Å². The van der Waals surface area contributed by atoms with E-state index in [1.807, 2.05) is 49.4 Å². The number of benzene rings is 2. The molecule has 1 fully saturated rings. The number of H-pyrrole nitrogens is 1. The van der Waals surface area contributed by atoms with Gasteiger partial charge in [0.2, 0.25) is 16.0 Å². The lowest BCUT2D eigenvalue weighted by atomic mass is 10.2. The minimum Gasteiger partial charge on any atom is -0.489 e. The molecule has 2 aromatic heterocycles. The van der Waals surface area contributed by atoms with E-state index < -0.39 is 10.0 Å². The van der Waals surface area contributed by atoms with Gasteiger partial charge in [-0.05, 0) is 55.8 Å². The molecule has 2 aromatic carbocycles. The fourth-order valence-electron chi connectivity index (χ4n) is 4.06. The van der Waals surface area contributed by atoms with Crippen molar-refractivity contribution >= 4 is 44.1 Å². The second kappa shape index (κ2) is 8.96. The quantitative estimate of drug-likeness (QED) is 0.365. The molecule has 1 aliphatic heterocycles. The molecule has 0 saturated carbocycles. The summed E-state index contributed by atoms with van der Waals surface area (Å²) in [4.78, 5) is 12.2. The molecule has 34 heavy (non-hydrogen) atoms. The van der Waals surface area contributed by atoms with Crippen molar-refractivity contribution in [1.82, 2.24) is 19.3 Å². The smallest absolute Gasteiger partial charge is 0.229 e. The molecule has 1 saturated heterocycles. The normalized spacial score (nSPS) is 16.6. The van der Waals surface area contributed by atoms with E-state index in [1.54, 1.807) is 6.20 Å². The van der Waals surface area contributed by atoms with Crippen LogP contribution in [0.2, 0.25) is 0 Å². The number of sulfonamides is 1. The molecule has 10 heteroatoms. The first kappa shape index (κ1) is 22.2. The SMILES string of the molecule is Cc1cc2cc(Nc3ccnc(Nc4cccc(OC5CCN(S(C)(=O)=O)C5)c4)n3)ccc2[nH]1. The third kappa shape index (κ3) is 5.13. The van der Waals surface area contributed by atoms with Crippen molar-refractivity contribution in [3.63, 3.8) is 0 Å². The zero-order chi connectivity index (χ0) is 23.7. The Labute approximate surface area is 198 Å². The number of ether oxygens (including phenoxy) is 1. The Morgan fingerprint density at radius 2 is 1.94 bits per heavy atom. The largest absolute Gasteiger partial charge is 0.489 e. The van der Waals surface area contributed by atoms with Crippen molar-refractivity contribution in [3.8, 4) is 5.75 Å². The number of nitrogens with one attached hydrogen (secondary N) is 3. The predicted octanol–water partition coefficient (Wildman–Crippen LogP) is 4.17. The van der Waals surface area contributed by atoms with E-state index in [4.69, 9.17) is 4.74 Å². The van der Waals surface area contributed by atoms with Crippen molar-refractivity contribution in [1.29, 1.82) is 0 Å². The van der Waals surface area contributed by atoms with Gasteiger partial charge in [0.15, 0.2) is 0 Å². The first-order chi connectivity index (χ1) is 16.3. The number of aromatic amines is 1. The summed E-state index contributed by atoms with van der Waals surface area (Å²) in [5, 5.41) is 7.66. The van der Waals surface area contributed by atoms with Crippen LogP contribution in [0.15, 0.2) is 60.8 Å². The van der Waals surface area contributed by atoms with Gasteiger partial charge in [-0.1, -0.05) is 6.07 Å². The molecule has 9 nitrogen and oxygen atoms in total. The highest BCUT2D eigenvalue weighted by atomic mass is 32.2. The number of nitrogens with zero attached hydrogens (tertiary/aromatic N) is 3. The minimum atomic E-state index is -3.20. The van der Waals surface area contributed by atoms with Gasteiger partial charge in [0.1, 0.15) is 17.7 Å². The topological polar surface area (TPSA) is 112 Å². The molecule has 4 aromatic rings. The monoisotopic (exact) mass is 478 g/mol. The number of rotatable bonds is 7. The first-order valence-electron chi connectivity index (χ1n) is 11.0. The molecule has 1 atom stereocenters. The molecule has 0 bridgehead atoms. The highest BCUT2D eigenvalue weighted by Crippen LogP contribution is 2.25. The van der Waals surface area contributed by atoms with E-state index in [9.17, 15) is 8.42 Å². The maximum absolute atomic E-state index is 11.7. The van der Waals surface area contributed by atoms with E-state index >= 15 is 0 Å². The molecular formula is C24H26N6O3S.